The van der Waals surface area contributed by atoms with Gasteiger partial charge in [0.05, 0.1) is 17.3 Å². The normalized spacial score (nSPS) is 17.1. The van der Waals surface area contributed by atoms with E-state index < -0.39 is 0 Å². The van der Waals surface area contributed by atoms with Crippen molar-refractivity contribution in [3.8, 4) is 6.07 Å². The lowest BCUT2D eigenvalue weighted by Gasteiger charge is -2.28. The number of nitrogen functional groups attached to an aromatic ring is 1. The third-order valence-corrected chi connectivity index (χ3v) is 3.86. The second-order valence-electron chi connectivity index (χ2n) is 5.20. The fourth-order valence-corrected chi connectivity index (χ4v) is 2.88. The highest BCUT2D eigenvalue weighted by molar-refractivity contribution is 5.59. The van der Waals surface area contributed by atoms with Crippen molar-refractivity contribution in [2.75, 3.05) is 11.1 Å². The minimum absolute atomic E-state index is 0.258. The standard InChI is InChI=1S/C17H17N3/c18-11-13-4-1-2-6-16(13)20-17-7-3-5-12-10-14(19)8-9-15(12)17/h1-2,4,6,8-10,17,20H,3,5,7,19H2. The highest BCUT2D eigenvalue weighted by atomic mass is 14.9. The summed E-state index contributed by atoms with van der Waals surface area (Å²) < 4.78 is 0. The highest BCUT2D eigenvalue weighted by Crippen LogP contribution is 2.34. The van der Waals surface area contributed by atoms with Gasteiger partial charge in [0.25, 0.3) is 0 Å². The van der Waals surface area contributed by atoms with E-state index >= 15 is 0 Å². The third-order valence-electron chi connectivity index (χ3n) is 3.86. The molecule has 0 amide bonds. The van der Waals surface area contributed by atoms with E-state index in [0.717, 1.165) is 30.6 Å². The van der Waals surface area contributed by atoms with E-state index in [2.05, 4.69) is 23.5 Å². The van der Waals surface area contributed by atoms with Gasteiger partial charge in [0.15, 0.2) is 0 Å². The molecule has 0 heterocycles. The molecule has 3 rings (SSSR count). The van der Waals surface area contributed by atoms with Crippen molar-refractivity contribution in [3.63, 3.8) is 0 Å². The van der Waals surface area contributed by atoms with E-state index in [4.69, 9.17) is 5.73 Å². The minimum Gasteiger partial charge on any atom is -0.399 e. The van der Waals surface area contributed by atoms with Crippen molar-refractivity contribution >= 4 is 11.4 Å². The zero-order valence-electron chi connectivity index (χ0n) is 11.3. The largest absolute Gasteiger partial charge is 0.399 e. The third kappa shape index (κ3) is 2.33. The van der Waals surface area contributed by atoms with Gasteiger partial charge < -0.3 is 11.1 Å². The molecular formula is C17H17N3. The van der Waals surface area contributed by atoms with Crippen LogP contribution in [0.15, 0.2) is 42.5 Å². The summed E-state index contributed by atoms with van der Waals surface area (Å²) in [6.45, 7) is 0. The molecule has 0 aliphatic heterocycles. The van der Waals surface area contributed by atoms with Gasteiger partial charge in [0, 0.05) is 5.69 Å². The molecule has 1 atom stereocenters. The SMILES string of the molecule is N#Cc1ccccc1NC1CCCc2cc(N)ccc21. The number of aryl methyl sites for hydroxylation is 1. The molecule has 20 heavy (non-hydrogen) atoms. The van der Waals surface area contributed by atoms with Crippen LogP contribution in [0.3, 0.4) is 0 Å². The Balaban J connectivity index is 1.92. The Labute approximate surface area is 119 Å². The van der Waals surface area contributed by atoms with E-state index in [1.54, 1.807) is 0 Å². The van der Waals surface area contributed by atoms with Crippen LogP contribution in [0, 0.1) is 11.3 Å². The maximum atomic E-state index is 9.17. The van der Waals surface area contributed by atoms with E-state index in [0.29, 0.717) is 5.56 Å². The number of hydrogen-bond acceptors (Lipinski definition) is 3. The monoisotopic (exact) mass is 263 g/mol. The zero-order valence-corrected chi connectivity index (χ0v) is 11.3. The summed E-state index contributed by atoms with van der Waals surface area (Å²) in [6.07, 6.45) is 3.30. The van der Waals surface area contributed by atoms with Crippen LogP contribution in [-0.2, 0) is 6.42 Å². The van der Waals surface area contributed by atoms with Gasteiger partial charge in [-0.1, -0.05) is 18.2 Å². The van der Waals surface area contributed by atoms with Gasteiger partial charge in [-0.2, -0.15) is 5.26 Å². The van der Waals surface area contributed by atoms with Gasteiger partial charge in [-0.15, -0.1) is 0 Å². The average Bonchev–Trinajstić information content (AvgIpc) is 2.47. The molecule has 3 nitrogen and oxygen atoms in total. The smallest absolute Gasteiger partial charge is 0.101 e. The van der Waals surface area contributed by atoms with Crippen molar-refractivity contribution in [3.05, 3.63) is 59.2 Å². The van der Waals surface area contributed by atoms with Crippen molar-refractivity contribution in [2.45, 2.75) is 25.3 Å². The van der Waals surface area contributed by atoms with Crippen LogP contribution in [0.25, 0.3) is 0 Å². The fraction of sp³-hybridized carbons (Fsp3) is 0.235. The molecule has 3 N–H and O–H groups in total. The Morgan fingerprint density at radius 3 is 2.90 bits per heavy atom. The maximum absolute atomic E-state index is 9.17. The quantitative estimate of drug-likeness (QED) is 0.813. The molecule has 0 aromatic heterocycles. The molecule has 0 saturated heterocycles. The number of para-hydroxylation sites is 1. The molecule has 3 heteroatoms. The van der Waals surface area contributed by atoms with Gasteiger partial charge >= 0.3 is 0 Å². The highest BCUT2D eigenvalue weighted by Gasteiger charge is 2.20. The summed E-state index contributed by atoms with van der Waals surface area (Å²) in [5.41, 5.74) is 10.9. The van der Waals surface area contributed by atoms with Crippen LogP contribution in [-0.4, -0.2) is 0 Å². The Morgan fingerprint density at radius 2 is 2.05 bits per heavy atom. The van der Waals surface area contributed by atoms with Gasteiger partial charge in [-0.3, -0.25) is 0 Å². The fourth-order valence-electron chi connectivity index (χ4n) is 2.88. The zero-order chi connectivity index (χ0) is 13.9. The van der Waals surface area contributed by atoms with Gasteiger partial charge in [-0.25, -0.2) is 0 Å². The van der Waals surface area contributed by atoms with Crippen LogP contribution in [0.5, 0.6) is 0 Å². The van der Waals surface area contributed by atoms with E-state index in [-0.39, 0.29) is 6.04 Å². The minimum atomic E-state index is 0.258. The Kier molecular flexibility index (Phi) is 3.30. The van der Waals surface area contributed by atoms with E-state index in [1.807, 2.05) is 30.3 Å². The summed E-state index contributed by atoms with van der Waals surface area (Å²) in [4.78, 5) is 0. The number of nitrogens with zero attached hydrogens (tertiary/aromatic N) is 1. The maximum Gasteiger partial charge on any atom is 0.101 e. The first-order valence-electron chi connectivity index (χ1n) is 6.92. The molecule has 1 aliphatic rings. The molecule has 0 bridgehead atoms. The van der Waals surface area contributed by atoms with Crippen LogP contribution in [0.1, 0.15) is 35.6 Å². The van der Waals surface area contributed by atoms with Crippen LogP contribution in [0.2, 0.25) is 0 Å². The van der Waals surface area contributed by atoms with E-state index in [1.165, 1.54) is 11.1 Å². The molecule has 0 saturated carbocycles. The predicted octanol–water partition coefficient (Wildman–Crippen LogP) is 3.63. The van der Waals surface area contributed by atoms with Gasteiger partial charge in [0.1, 0.15) is 6.07 Å². The second kappa shape index (κ2) is 5.26. The number of anilines is 2. The molecule has 1 unspecified atom stereocenters. The number of nitriles is 1. The van der Waals surface area contributed by atoms with Crippen LogP contribution in [0.4, 0.5) is 11.4 Å². The Hall–Kier alpha value is -2.47. The van der Waals surface area contributed by atoms with Gasteiger partial charge in [-0.05, 0) is 54.7 Å². The van der Waals surface area contributed by atoms with Crippen LogP contribution >= 0.6 is 0 Å². The molecule has 0 fully saturated rings. The molecular weight excluding hydrogens is 246 g/mol. The number of benzene rings is 2. The molecule has 100 valence electrons. The number of fused-ring (bicyclic) bond motifs is 1. The van der Waals surface area contributed by atoms with Crippen molar-refractivity contribution in [1.82, 2.24) is 0 Å². The second-order valence-corrected chi connectivity index (χ2v) is 5.20. The average molecular weight is 263 g/mol. The summed E-state index contributed by atoms with van der Waals surface area (Å²) in [6, 6.07) is 16.3. The lowest BCUT2D eigenvalue weighted by atomic mass is 9.87. The molecule has 1 aliphatic carbocycles. The number of nitrogens with one attached hydrogen (secondary N) is 1. The lowest BCUT2D eigenvalue weighted by molar-refractivity contribution is 0.600. The lowest BCUT2D eigenvalue weighted by Crippen LogP contribution is -2.18. The van der Waals surface area contributed by atoms with E-state index in [9.17, 15) is 5.26 Å². The summed E-state index contributed by atoms with van der Waals surface area (Å²) in [5.74, 6) is 0. The molecule has 2 aromatic rings. The Morgan fingerprint density at radius 1 is 1.20 bits per heavy atom. The molecule has 2 aromatic carbocycles. The van der Waals surface area contributed by atoms with Crippen molar-refractivity contribution < 1.29 is 0 Å². The van der Waals surface area contributed by atoms with Gasteiger partial charge in [0.2, 0.25) is 0 Å². The van der Waals surface area contributed by atoms with Crippen molar-refractivity contribution in [1.29, 1.82) is 5.26 Å². The molecule has 0 spiro atoms. The Bertz CT molecular complexity index is 670. The molecule has 0 radical (unpaired) electrons. The first kappa shape index (κ1) is 12.6. The first-order valence-corrected chi connectivity index (χ1v) is 6.92. The number of hydrogen-bond donors (Lipinski definition) is 2. The van der Waals surface area contributed by atoms with Crippen LogP contribution < -0.4 is 11.1 Å². The summed E-state index contributed by atoms with van der Waals surface area (Å²) >= 11 is 0. The summed E-state index contributed by atoms with van der Waals surface area (Å²) in [7, 11) is 0. The predicted molar refractivity (Wildman–Crippen MR) is 81.3 cm³/mol. The first-order chi connectivity index (χ1) is 9.78. The summed E-state index contributed by atoms with van der Waals surface area (Å²) in [5, 5.41) is 12.7. The van der Waals surface area contributed by atoms with Crippen molar-refractivity contribution in [2.24, 2.45) is 0 Å². The topological polar surface area (TPSA) is 61.8 Å². The number of rotatable bonds is 2. The number of nitrogens with two attached hydrogens (primary N) is 1.